The van der Waals surface area contributed by atoms with Crippen LogP contribution >= 0.6 is 11.6 Å². The van der Waals surface area contributed by atoms with Gasteiger partial charge in [-0.25, -0.2) is 9.18 Å². The van der Waals surface area contributed by atoms with E-state index in [4.69, 9.17) is 17.3 Å². The molecule has 0 atom stereocenters. The lowest BCUT2D eigenvalue weighted by Gasteiger charge is -2.08. The minimum Gasteiger partial charge on any atom is -0.465 e. The second-order valence-electron chi connectivity index (χ2n) is 4.76. The number of carbonyl (C=O) groups is 2. The summed E-state index contributed by atoms with van der Waals surface area (Å²) in [5.41, 5.74) is 6.71. The van der Waals surface area contributed by atoms with Gasteiger partial charge in [-0.3, -0.25) is 4.79 Å². The second-order valence-corrected chi connectivity index (χ2v) is 5.17. The van der Waals surface area contributed by atoms with Gasteiger partial charge in [0.15, 0.2) is 0 Å². The number of hydrogen-bond acceptors (Lipinski definition) is 4. The third kappa shape index (κ3) is 4.11. The predicted molar refractivity (Wildman–Crippen MR) is 91.3 cm³/mol. The zero-order valence-corrected chi connectivity index (χ0v) is 13.4. The van der Waals surface area contributed by atoms with Crippen molar-refractivity contribution in [3.8, 4) is 0 Å². The zero-order valence-electron chi connectivity index (χ0n) is 12.7. The number of hydrogen-bond donors (Lipinski definition) is 2. The van der Waals surface area contributed by atoms with E-state index in [-0.39, 0.29) is 27.5 Å². The zero-order chi connectivity index (χ0) is 17.7. The van der Waals surface area contributed by atoms with Crippen LogP contribution in [0.4, 0.5) is 15.8 Å². The summed E-state index contributed by atoms with van der Waals surface area (Å²) in [4.78, 5) is 23.5. The van der Waals surface area contributed by atoms with Crippen molar-refractivity contribution in [1.29, 1.82) is 0 Å². The number of amides is 1. The van der Waals surface area contributed by atoms with Crippen LogP contribution in [0.2, 0.25) is 5.02 Å². The first kappa shape index (κ1) is 17.5. The van der Waals surface area contributed by atoms with E-state index in [2.05, 4.69) is 10.1 Å². The lowest BCUT2D eigenvalue weighted by atomic mass is 10.1. The number of carbonyl (C=O) groups excluding carboxylic acids is 2. The van der Waals surface area contributed by atoms with Gasteiger partial charge >= 0.3 is 5.97 Å². The fourth-order valence-electron chi connectivity index (χ4n) is 1.90. The Balaban J connectivity index is 2.16. The van der Waals surface area contributed by atoms with Gasteiger partial charge in [0.2, 0.25) is 5.91 Å². The van der Waals surface area contributed by atoms with E-state index >= 15 is 0 Å². The van der Waals surface area contributed by atoms with Gasteiger partial charge in [0, 0.05) is 11.6 Å². The van der Waals surface area contributed by atoms with Gasteiger partial charge < -0.3 is 15.8 Å². The molecule has 0 spiro atoms. The average molecular weight is 349 g/mol. The first-order chi connectivity index (χ1) is 11.4. The highest BCUT2D eigenvalue weighted by Gasteiger charge is 2.10. The quantitative estimate of drug-likeness (QED) is 0.503. The first-order valence-electron chi connectivity index (χ1n) is 6.83. The molecule has 124 valence electrons. The second kappa shape index (κ2) is 7.61. The maximum absolute atomic E-state index is 13.7. The van der Waals surface area contributed by atoms with Crippen LogP contribution in [0.1, 0.15) is 15.9 Å². The molecule has 2 aromatic rings. The van der Waals surface area contributed by atoms with Gasteiger partial charge in [-0.05, 0) is 30.3 Å². The monoisotopic (exact) mass is 348 g/mol. The number of benzene rings is 2. The molecule has 0 saturated carbocycles. The van der Waals surface area contributed by atoms with Crippen molar-refractivity contribution in [2.24, 2.45) is 0 Å². The molecular formula is C17H14ClFN2O3. The Morgan fingerprint density at radius 1 is 1.29 bits per heavy atom. The van der Waals surface area contributed by atoms with Gasteiger partial charge in [0.25, 0.3) is 0 Å². The molecule has 0 saturated heterocycles. The van der Waals surface area contributed by atoms with Gasteiger partial charge in [-0.1, -0.05) is 23.7 Å². The van der Waals surface area contributed by atoms with E-state index in [1.165, 1.54) is 43.5 Å². The molecule has 0 fully saturated rings. The van der Waals surface area contributed by atoms with Crippen molar-refractivity contribution < 1.29 is 18.7 Å². The number of ether oxygens (including phenoxy) is 1. The number of anilines is 2. The van der Waals surface area contributed by atoms with Crippen LogP contribution in [0.15, 0.2) is 42.5 Å². The summed E-state index contributed by atoms with van der Waals surface area (Å²) in [7, 11) is 1.25. The lowest BCUT2D eigenvalue weighted by molar-refractivity contribution is -0.111. The summed E-state index contributed by atoms with van der Waals surface area (Å²) >= 11 is 5.67. The first-order valence-corrected chi connectivity index (χ1v) is 7.21. The molecule has 2 rings (SSSR count). The van der Waals surface area contributed by atoms with E-state index < -0.39 is 17.7 Å². The van der Waals surface area contributed by atoms with E-state index in [1.807, 2.05) is 0 Å². The lowest BCUT2D eigenvalue weighted by Crippen LogP contribution is -2.11. The summed E-state index contributed by atoms with van der Waals surface area (Å²) in [5.74, 6) is -1.71. The number of methoxy groups -OCH3 is 1. The van der Waals surface area contributed by atoms with Crippen molar-refractivity contribution in [3.05, 3.63) is 64.4 Å². The van der Waals surface area contributed by atoms with E-state index in [9.17, 15) is 14.0 Å². The van der Waals surface area contributed by atoms with Gasteiger partial charge in [0.05, 0.1) is 29.1 Å². The third-order valence-electron chi connectivity index (χ3n) is 3.13. The van der Waals surface area contributed by atoms with Crippen LogP contribution in [0.5, 0.6) is 0 Å². The van der Waals surface area contributed by atoms with E-state index in [1.54, 1.807) is 6.07 Å². The Bertz CT molecular complexity index is 821. The molecule has 1 amide bonds. The maximum Gasteiger partial charge on any atom is 0.337 e. The summed E-state index contributed by atoms with van der Waals surface area (Å²) in [6.45, 7) is 0. The van der Waals surface area contributed by atoms with Gasteiger partial charge in [-0.15, -0.1) is 0 Å². The largest absolute Gasteiger partial charge is 0.465 e. The molecule has 0 radical (unpaired) electrons. The Morgan fingerprint density at radius 2 is 2.04 bits per heavy atom. The van der Waals surface area contributed by atoms with Crippen molar-refractivity contribution in [2.45, 2.75) is 0 Å². The molecule has 0 bridgehead atoms. The van der Waals surface area contributed by atoms with Crippen LogP contribution < -0.4 is 11.1 Å². The van der Waals surface area contributed by atoms with Crippen molar-refractivity contribution in [1.82, 2.24) is 0 Å². The third-order valence-corrected chi connectivity index (χ3v) is 3.42. The maximum atomic E-state index is 13.7. The van der Waals surface area contributed by atoms with Crippen LogP contribution in [0, 0.1) is 5.82 Å². The van der Waals surface area contributed by atoms with E-state index in [0.29, 0.717) is 0 Å². The van der Waals surface area contributed by atoms with Crippen molar-refractivity contribution >= 4 is 40.9 Å². The molecule has 2 aromatic carbocycles. The van der Waals surface area contributed by atoms with Gasteiger partial charge in [0.1, 0.15) is 5.82 Å². The van der Waals surface area contributed by atoms with Gasteiger partial charge in [-0.2, -0.15) is 0 Å². The molecule has 0 aliphatic rings. The van der Waals surface area contributed by atoms with Crippen molar-refractivity contribution in [3.63, 3.8) is 0 Å². The fourth-order valence-corrected chi connectivity index (χ4v) is 2.08. The van der Waals surface area contributed by atoms with Crippen LogP contribution in [0.3, 0.4) is 0 Å². The number of rotatable bonds is 4. The van der Waals surface area contributed by atoms with Crippen LogP contribution in [0.25, 0.3) is 6.08 Å². The Hall–Kier alpha value is -2.86. The predicted octanol–water partition coefficient (Wildman–Crippen LogP) is 3.50. The highest BCUT2D eigenvalue weighted by molar-refractivity contribution is 6.30. The molecule has 3 N–H and O–H groups in total. The minimum absolute atomic E-state index is 0.0346. The molecule has 5 nitrogen and oxygen atoms in total. The molecule has 0 unspecified atom stereocenters. The Kier molecular flexibility index (Phi) is 5.55. The fraction of sp³-hybridized carbons (Fsp3) is 0.0588. The summed E-state index contributed by atoms with van der Waals surface area (Å²) in [6, 6.07) is 8.81. The minimum atomic E-state index is -0.615. The standard InChI is InChI=1S/C17H14ClFN2O3/c1-24-17(23)11-5-7-13(20)14(9-11)21-15(22)8-6-10-3-2-4-12(18)16(10)19/h2-9H,20H2,1H3,(H,21,22)/b8-6+. The topological polar surface area (TPSA) is 81.4 Å². The van der Waals surface area contributed by atoms with E-state index in [0.717, 1.165) is 6.08 Å². The number of nitrogens with one attached hydrogen (secondary N) is 1. The number of esters is 1. The molecule has 24 heavy (non-hydrogen) atoms. The SMILES string of the molecule is COC(=O)c1ccc(N)c(NC(=O)/C=C/c2cccc(Cl)c2F)c1. The van der Waals surface area contributed by atoms with Crippen LogP contribution in [-0.4, -0.2) is 19.0 Å². The molecule has 0 aromatic heterocycles. The Labute approximate surface area is 142 Å². The normalized spacial score (nSPS) is 10.6. The molecular weight excluding hydrogens is 335 g/mol. The number of nitrogen functional groups attached to an aromatic ring is 1. The summed E-state index contributed by atoms with van der Waals surface area (Å²) in [6.07, 6.45) is 2.43. The number of halogens is 2. The smallest absolute Gasteiger partial charge is 0.337 e. The molecule has 0 aliphatic carbocycles. The average Bonchev–Trinajstić information content (AvgIpc) is 2.57. The van der Waals surface area contributed by atoms with Crippen molar-refractivity contribution in [2.75, 3.05) is 18.2 Å². The van der Waals surface area contributed by atoms with Crippen LogP contribution in [-0.2, 0) is 9.53 Å². The highest BCUT2D eigenvalue weighted by atomic mass is 35.5. The summed E-state index contributed by atoms with van der Waals surface area (Å²) in [5, 5.41) is 2.49. The Morgan fingerprint density at radius 3 is 2.75 bits per heavy atom. The molecule has 7 heteroatoms. The number of nitrogens with two attached hydrogens (primary N) is 1. The highest BCUT2D eigenvalue weighted by Crippen LogP contribution is 2.21. The summed E-state index contributed by atoms with van der Waals surface area (Å²) < 4.78 is 18.3. The molecule has 0 aliphatic heterocycles. The molecule has 0 heterocycles.